The average molecular weight is 267 g/mol. The normalized spacial score (nSPS) is 12.4. The predicted octanol–water partition coefficient (Wildman–Crippen LogP) is 2.50. The lowest BCUT2D eigenvalue weighted by atomic mass is 10.9. The molecule has 0 rings (SSSR count). The summed E-state index contributed by atoms with van der Waals surface area (Å²) in [7, 11) is 0.698. The SMILES string of the molecule is CC[SiH2]CCSCCSCC[SiH2]CC. The summed E-state index contributed by atoms with van der Waals surface area (Å²) in [6.07, 6.45) is 0. The van der Waals surface area contributed by atoms with E-state index >= 15 is 0 Å². The standard InChI is InChI=1S/C10H26S2Si2/c1-3-13-9-7-11-5-6-12-8-10-14-4-2/h3-10,13-14H2,1-2H3. The van der Waals surface area contributed by atoms with Crippen molar-refractivity contribution in [3.63, 3.8) is 0 Å². The number of thioether (sulfide) groups is 2. The van der Waals surface area contributed by atoms with E-state index in [9.17, 15) is 0 Å². The van der Waals surface area contributed by atoms with Gasteiger partial charge in [-0.25, -0.2) is 0 Å². The quantitative estimate of drug-likeness (QED) is 0.416. The molecule has 0 amide bonds. The molecule has 0 radical (unpaired) electrons. The van der Waals surface area contributed by atoms with Gasteiger partial charge in [0, 0.05) is 30.5 Å². The molecule has 0 aliphatic carbocycles. The highest BCUT2D eigenvalue weighted by Crippen LogP contribution is 2.09. The monoisotopic (exact) mass is 266 g/mol. The summed E-state index contributed by atoms with van der Waals surface area (Å²) in [6, 6.07) is 6.12. The molecule has 0 aromatic rings. The lowest BCUT2D eigenvalue weighted by Crippen LogP contribution is -1.93. The predicted molar refractivity (Wildman–Crippen MR) is 82.3 cm³/mol. The first-order chi connectivity index (χ1) is 6.91. The largest absolute Gasteiger partial charge is 0.161 e. The van der Waals surface area contributed by atoms with Crippen LogP contribution in [0.4, 0.5) is 0 Å². The molecule has 0 fully saturated rings. The van der Waals surface area contributed by atoms with Crippen molar-refractivity contribution in [2.75, 3.05) is 23.0 Å². The van der Waals surface area contributed by atoms with E-state index in [1.807, 2.05) is 0 Å². The summed E-state index contributed by atoms with van der Waals surface area (Å²) in [6.45, 7) is 4.68. The summed E-state index contributed by atoms with van der Waals surface area (Å²) in [5.41, 5.74) is 0. The Hall–Kier alpha value is 1.13. The molecule has 0 unspecified atom stereocenters. The van der Waals surface area contributed by atoms with Crippen molar-refractivity contribution < 1.29 is 0 Å². The van der Waals surface area contributed by atoms with Crippen molar-refractivity contribution in [1.29, 1.82) is 0 Å². The van der Waals surface area contributed by atoms with Gasteiger partial charge in [-0.3, -0.25) is 0 Å². The molecule has 0 aromatic heterocycles. The van der Waals surface area contributed by atoms with Crippen molar-refractivity contribution >= 4 is 42.6 Å². The molecule has 0 aliphatic heterocycles. The van der Waals surface area contributed by atoms with Gasteiger partial charge in [-0.15, -0.1) is 0 Å². The van der Waals surface area contributed by atoms with E-state index < -0.39 is 0 Å². The Morgan fingerprint density at radius 2 is 1.14 bits per heavy atom. The smallest absolute Gasteiger partial charge is 0.0204 e. The maximum atomic E-state index is 2.34. The minimum absolute atomic E-state index is 0.349. The maximum absolute atomic E-state index is 2.34. The Morgan fingerprint density at radius 1 is 0.714 bits per heavy atom. The number of rotatable bonds is 11. The highest BCUT2D eigenvalue weighted by molar-refractivity contribution is 8.02. The van der Waals surface area contributed by atoms with Gasteiger partial charge in [0.2, 0.25) is 0 Å². The fraction of sp³-hybridized carbons (Fsp3) is 1.00. The summed E-state index contributed by atoms with van der Waals surface area (Å²) in [5, 5.41) is 0. The zero-order chi connectivity index (χ0) is 10.5. The van der Waals surface area contributed by atoms with Gasteiger partial charge in [0.1, 0.15) is 0 Å². The topological polar surface area (TPSA) is 0 Å². The molecule has 0 aromatic carbocycles. The van der Waals surface area contributed by atoms with Crippen LogP contribution in [0, 0.1) is 0 Å². The number of hydrogen-bond donors (Lipinski definition) is 0. The Balaban J connectivity index is 2.78. The zero-order valence-electron chi connectivity index (χ0n) is 9.89. The lowest BCUT2D eigenvalue weighted by Gasteiger charge is -2.01. The van der Waals surface area contributed by atoms with Gasteiger partial charge in [0.05, 0.1) is 0 Å². The molecule has 86 valence electrons. The van der Waals surface area contributed by atoms with E-state index in [-0.39, 0.29) is 0 Å². The Kier molecular flexibility index (Phi) is 15.3. The second-order valence-electron chi connectivity index (χ2n) is 3.64. The van der Waals surface area contributed by atoms with Gasteiger partial charge in [0.15, 0.2) is 0 Å². The molecule has 0 bridgehead atoms. The Labute approximate surface area is 103 Å². The first-order valence-electron chi connectivity index (χ1n) is 6.07. The highest BCUT2D eigenvalue weighted by Gasteiger charge is 1.92. The summed E-state index contributed by atoms with van der Waals surface area (Å²) >= 11 is 4.36. The van der Waals surface area contributed by atoms with Crippen LogP contribution >= 0.6 is 23.5 Å². The molecule has 0 saturated carbocycles. The molecule has 0 saturated heterocycles. The van der Waals surface area contributed by atoms with Crippen LogP contribution in [-0.4, -0.2) is 42.1 Å². The molecular formula is C10H26S2Si2. The molecule has 14 heavy (non-hydrogen) atoms. The van der Waals surface area contributed by atoms with Gasteiger partial charge in [0.25, 0.3) is 0 Å². The van der Waals surface area contributed by atoms with E-state index in [4.69, 9.17) is 0 Å². The fourth-order valence-electron chi connectivity index (χ4n) is 1.23. The minimum Gasteiger partial charge on any atom is -0.161 e. The third-order valence-corrected chi connectivity index (χ3v) is 8.70. The fourth-order valence-corrected chi connectivity index (χ4v) is 6.85. The minimum atomic E-state index is 0.349. The van der Waals surface area contributed by atoms with Crippen molar-refractivity contribution in [1.82, 2.24) is 0 Å². The number of hydrogen-bond acceptors (Lipinski definition) is 2. The maximum Gasteiger partial charge on any atom is 0.0204 e. The summed E-state index contributed by atoms with van der Waals surface area (Å²) in [4.78, 5) is 0. The van der Waals surface area contributed by atoms with E-state index in [1.165, 1.54) is 35.1 Å². The van der Waals surface area contributed by atoms with Gasteiger partial charge in [-0.05, 0) is 11.5 Å². The average Bonchev–Trinajstić information content (AvgIpc) is 2.21. The third kappa shape index (κ3) is 13.1. The lowest BCUT2D eigenvalue weighted by molar-refractivity contribution is 1.36. The first kappa shape index (κ1) is 15.1. The Bertz CT molecular complexity index is 90.1. The highest BCUT2D eigenvalue weighted by atomic mass is 32.2. The Morgan fingerprint density at radius 3 is 1.50 bits per heavy atom. The van der Waals surface area contributed by atoms with Crippen LogP contribution < -0.4 is 0 Å². The van der Waals surface area contributed by atoms with Crippen LogP contribution in [-0.2, 0) is 0 Å². The van der Waals surface area contributed by atoms with Crippen LogP contribution in [0.1, 0.15) is 13.8 Å². The van der Waals surface area contributed by atoms with Gasteiger partial charge in [-0.1, -0.05) is 38.0 Å². The van der Waals surface area contributed by atoms with E-state index in [0.717, 1.165) is 0 Å². The van der Waals surface area contributed by atoms with E-state index in [0.29, 0.717) is 19.0 Å². The van der Waals surface area contributed by atoms with Crippen LogP contribution in [0.25, 0.3) is 0 Å². The van der Waals surface area contributed by atoms with Crippen molar-refractivity contribution in [3.8, 4) is 0 Å². The van der Waals surface area contributed by atoms with Gasteiger partial charge in [-0.2, -0.15) is 23.5 Å². The van der Waals surface area contributed by atoms with E-state index in [2.05, 4.69) is 37.4 Å². The molecule has 0 atom stereocenters. The van der Waals surface area contributed by atoms with Gasteiger partial charge < -0.3 is 0 Å². The molecule has 0 aliphatic rings. The molecule has 0 spiro atoms. The van der Waals surface area contributed by atoms with Crippen molar-refractivity contribution in [3.05, 3.63) is 0 Å². The summed E-state index contributed by atoms with van der Waals surface area (Å²) in [5.74, 6) is 5.70. The molecular weight excluding hydrogens is 240 g/mol. The summed E-state index contributed by atoms with van der Waals surface area (Å²) < 4.78 is 0. The van der Waals surface area contributed by atoms with Crippen LogP contribution in [0.5, 0.6) is 0 Å². The van der Waals surface area contributed by atoms with Gasteiger partial charge >= 0.3 is 0 Å². The third-order valence-electron chi connectivity index (χ3n) is 2.16. The first-order valence-corrected chi connectivity index (χ1v) is 12.4. The molecule has 0 N–H and O–H groups in total. The van der Waals surface area contributed by atoms with Crippen molar-refractivity contribution in [2.45, 2.75) is 38.0 Å². The molecule has 0 nitrogen and oxygen atoms in total. The van der Waals surface area contributed by atoms with Crippen LogP contribution in [0.2, 0.25) is 24.2 Å². The van der Waals surface area contributed by atoms with Crippen LogP contribution in [0.15, 0.2) is 0 Å². The second kappa shape index (κ2) is 14.1. The van der Waals surface area contributed by atoms with Crippen molar-refractivity contribution in [2.24, 2.45) is 0 Å². The van der Waals surface area contributed by atoms with Crippen LogP contribution in [0.3, 0.4) is 0 Å². The molecule has 4 heteroatoms. The molecule has 0 heterocycles. The zero-order valence-corrected chi connectivity index (χ0v) is 14.3. The van der Waals surface area contributed by atoms with E-state index in [1.54, 1.807) is 12.1 Å². The second-order valence-corrected chi connectivity index (χ2v) is 10.9.